The number of carbonyl (C=O) groups excluding carboxylic acids is 1. The largest absolute Gasteiger partial charge is 0.462 e. The third-order valence-electron chi connectivity index (χ3n) is 3.41. The summed E-state index contributed by atoms with van der Waals surface area (Å²) in [5.41, 5.74) is -0.00134. The number of nitriles is 1. The van der Waals surface area contributed by atoms with Crippen molar-refractivity contribution < 1.29 is 17.8 Å². The summed E-state index contributed by atoms with van der Waals surface area (Å²) in [6, 6.07) is 2.81. The van der Waals surface area contributed by atoms with Crippen LogP contribution in [0, 0.1) is 11.3 Å². The van der Waals surface area contributed by atoms with Gasteiger partial charge in [-0.1, -0.05) is 0 Å². The minimum absolute atomic E-state index is 0.00134. The van der Waals surface area contributed by atoms with Gasteiger partial charge in [-0.3, -0.25) is 0 Å². The molecule has 0 fully saturated rings. The summed E-state index contributed by atoms with van der Waals surface area (Å²) in [4.78, 5) is 13.6. The molecule has 0 aliphatic carbocycles. The highest BCUT2D eigenvalue weighted by Gasteiger charge is 2.39. The quantitative estimate of drug-likeness (QED) is 0.144. The first-order valence-electron chi connectivity index (χ1n) is 9.77. The van der Waals surface area contributed by atoms with Gasteiger partial charge in [0, 0.05) is 13.6 Å². The van der Waals surface area contributed by atoms with Gasteiger partial charge in [-0.2, -0.15) is 5.26 Å². The lowest BCUT2D eigenvalue weighted by Gasteiger charge is -2.38. The van der Waals surface area contributed by atoms with Gasteiger partial charge >= 0.3 is 14.5 Å². The Kier molecular flexibility index (Phi) is 11.2. The second-order valence-electron chi connectivity index (χ2n) is 8.90. The average Bonchev–Trinajstić information content (AvgIpc) is 2.47. The molecular weight excluding hydrogens is 404 g/mol. The SMILES string of the molecule is CCOC(=O)/C(C#N)=C\C=C\N(C)CCC[Si](C)(O[Si](C)(C)C)O[Si](C)(C)C. The van der Waals surface area contributed by atoms with Crippen LogP contribution in [0.15, 0.2) is 23.9 Å². The van der Waals surface area contributed by atoms with Gasteiger partial charge in [0.05, 0.1) is 6.61 Å². The molecule has 0 aliphatic rings. The molecule has 0 spiro atoms. The molecule has 28 heavy (non-hydrogen) atoms. The lowest BCUT2D eigenvalue weighted by Crippen LogP contribution is -2.52. The van der Waals surface area contributed by atoms with E-state index in [1.807, 2.05) is 24.2 Å². The molecule has 0 N–H and O–H groups in total. The Morgan fingerprint density at radius 2 is 1.61 bits per heavy atom. The summed E-state index contributed by atoms with van der Waals surface area (Å²) in [6.45, 7) is 18.3. The van der Waals surface area contributed by atoms with Crippen molar-refractivity contribution in [2.24, 2.45) is 0 Å². The fourth-order valence-electron chi connectivity index (χ4n) is 2.79. The van der Waals surface area contributed by atoms with E-state index >= 15 is 0 Å². The van der Waals surface area contributed by atoms with Crippen LogP contribution in [0.5, 0.6) is 0 Å². The standard InChI is InChI=1S/C19H38N2O4Si3/c1-10-23-19(22)18(17-20)13-11-14-21(2)15-12-16-28(9,24-26(3,4)5)25-27(6,7)8/h11,13-14H,10,12,15-16H2,1-9H3/b14-11+,18-13-. The highest BCUT2D eigenvalue weighted by atomic mass is 28.5. The molecule has 0 amide bonds. The minimum atomic E-state index is -2.21. The van der Waals surface area contributed by atoms with E-state index in [9.17, 15) is 4.79 Å². The van der Waals surface area contributed by atoms with Crippen molar-refractivity contribution in [2.45, 2.75) is 65.2 Å². The van der Waals surface area contributed by atoms with Crippen LogP contribution in [0.3, 0.4) is 0 Å². The lowest BCUT2D eigenvalue weighted by atomic mass is 10.3. The van der Waals surface area contributed by atoms with Gasteiger partial charge in [0.15, 0.2) is 16.6 Å². The highest BCUT2D eigenvalue weighted by molar-refractivity contribution is 6.87. The summed E-state index contributed by atoms with van der Waals surface area (Å²) < 4.78 is 17.9. The van der Waals surface area contributed by atoms with Crippen LogP contribution in [0.1, 0.15) is 13.3 Å². The maximum Gasteiger partial charge on any atom is 0.348 e. The van der Waals surface area contributed by atoms with Crippen LogP contribution in [-0.2, 0) is 17.8 Å². The molecule has 160 valence electrons. The lowest BCUT2D eigenvalue weighted by molar-refractivity contribution is -0.138. The van der Waals surface area contributed by atoms with Gasteiger partial charge in [0.25, 0.3) is 0 Å². The molecule has 0 aromatic carbocycles. The van der Waals surface area contributed by atoms with Crippen LogP contribution in [0.4, 0.5) is 0 Å². The molecule has 0 saturated heterocycles. The maximum absolute atomic E-state index is 11.6. The topological polar surface area (TPSA) is 71.8 Å². The van der Waals surface area contributed by atoms with Crippen LogP contribution in [0.25, 0.3) is 0 Å². The van der Waals surface area contributed by atoms with E-state index in [0.29, 0.717) is 0 Å². The molecule has 0 heterocycles. The summed E-state index contributed by atoms with van der Waals surface area (Å²) in [6.07, 6.45) is 6.00. The number of nitrogens with zero attached hydrogens (tertiary/aromatic N) is 2. The van der Waals surface area contributed by atoms with Crippen molar-refractivity contribution in [3.05, 3.63) is 23.9 Å². The Bertz CT molecular complexity index is 586. The van der Waals surface area contributed by atoms with Crippen LogP contribution in [0.2, 0.25) is 51.9 Å². The number of hydrogen-bond acceptors (Lipinski definition) is 6. The number of ether oxygens (including phenoxy) is 1. The average molecular weight is 443 g/mol. The molecule has 6 nitrogen and oxygen atoms in total. The number of hydrogen-bond donors (Lipinski definition) is 0. The molecular formula is C19H38N2O4Si3. The Hall–Kier alpha value is -1.19. The van der Waals surface area contributed by atoms with Gasteiger partial charge in [0.1, 0.15) is 11.6 Å². The molecule has 0 saturated carbocycles. The van der Waals surface area contributed by atoms with E-state index in [4.69, 9.17) is 18.2 Å². The Balaban J connectivity index is 4.79. The molecule has 0 unspecified atom stereocenters. The first-order valence-corrected chi connectivity index (χ1v) is 19.1. The molecule has 0 atom stereocenters. The molecule has 9 heteroatoms. The van der Waals surface area contributed by atoms with Crippen LogP contribution >= 0.6 is 0 Å². The first kappa shape index (κ1) is 26.8. The molecule has 0 aromatic rings. The molecule has 0 radical (unpaired) electrons. The summed E-state index contributed by atoms with van der Waals surface area (Å²) in [7, 11) is -3.59. The van der Waals surface area contributed by atoms with Crippen molar-refractivity contribution in [2.75, 3.05) is 20.2 Å². The maximum atomic E-state index is 11.6. The van der Waals surface area contributed by atoms with Gasteiger partial charge in [-0.15, -0.1) is 0 Å². The monoisotopic (exact) mass is 442 g/mol. The third kappa shape index (κ3) is 13.1. The van der Waals surface area contributed by atoms with Crippen molar-refractivity contribution in [1.82, 2.24) is 4.90 Å². The highest BCUT2D eigenvalue weighted by Crippen LogP contribution is 2.25. The second kappa shape index (κ2) is 11.7. The van der Waals surface area contributed by atoms with Crippen LogP contribution < -0.4 is 0 Å². The first-order chi connectivity index (χ1) is 12.7. The number of rotatable bonds is 12. The third-order valence-corrected chi connectivity index (χ3v) is 13.0. The Morgan fingerprint density at radius 1 is 1.07 bits per heavy atom. The molecule has 0 bridgehead atoms. The number of esters is 1. The predicted octanol–water partition coefficient (Wildman–Crippen LogP) is 4.61. The van der Waals surface area contributed by atoms with Crippen molar-refractivity contribution in [3.8, 4) is 6.07 Å². The van der Waals surface area contributed by atoms with E-state index in [0.717, 1.165) is 19.0 Å². The normalized spacial score (nSPS) is 13.5. The fourth-order valence-corrected chi connectivity index (χ4v) is 15.3. The Morgan fingerprint density at radius 3 is 2.04 bits per heavy atom. The Labute approximate surface area is 174 Å². The zero-order chi connectivity index (χ0) is 22.0. The van der Waals surface area contributed by atoms with Crippen molar-refractivity contribution >= 4 is 31.2 Å². The van der Waals surface area contributed by atoms with E-state index < -0.39 is 31.2 Å². The molecule has 0 rings (SSSR count). The van der Waals surface area contributed by atoms with Gasteiger partial charge < -0.3 is 17.9 Å². The van der Waals surface area contributed by atoms with Gasteiger partial charge in [0.2, 0.25) is 0 Å². The van der Waals surface area contributed by atoms with Crippen molar-refractivity contribution in [3.63, 3.8) is 0 Å². The van der Waals surface area contributed by atoms with Gasteiger partial charge in [-0.25, -0.2) is 4.79 Å². The van der Waals surface area contributed by atoms with Crippen LogP contribution in [-0.4, -0.2) is 56.3 Å². The van der Waals surface area contributed by atoms with Crippen molar-refractivity contribution in [1.29, 1.82) is 5.26 Å². The smallest absolute Gasteiger partial charge is 0.348 e. The number of allylic oxidation sites excluding steroid dienone is 2. The zero-order valence-electron chi connectivity index (χ0n) is 19.1. The molecule has 0 aliphatic heterocycles. The minimum Gasteiger partial charge on any atom is -0.462 e. The van der Waals surface area contributed by atoms with E-state index in [2.05, 4.69) is 45.8 Å². The predicted molar refractivity (Wildman–Crippen MR) is 122 cm³/mol. The summed E-state index contributed by atoms with van der Waals surface area (Å²) in [5, 5.41) is 9.02. The van der Waals surface area contributed by atoms with E-state index in [1.165, 1.54) is 6.08 Å². The molecule has 0 aromatic heterocycles. The van der Waals surface area contributed by atoms with E-state index in [1.54, 1.807) is 13.0 Å². The zero-order valence-corrected chi connectivity index (χ0v) is 22.1. The summed E-state index contributed by atoms with van der Waals surface area (Å²) in [5.74, 6) is -0.592. The fraction of sp³-hybridized carbons (Fsp3) is 0.684. The summed E-state index contributed by atoms with van der Waals surface area (Å²) >= 11 is 0. The van der Waals surface area contributed by atoms with E-state index in [-0.39, 0.29) is 12.2 Å². The number of carbonyl (C=O) groups is 1. The second-order valence-corrected chi connectivity index (χ2v) is 21.8. The van der Waals surface area contributed by atoms with Gasteiger partial charge in [-0.05, 0) is 83.6 Å².